The van der Waals surface area contributed by atoms with Crippen molar-refractivity contribution in [1.29, 1.82) is 0 Å². The topological polar surface area (TPSA) is 56.1 Å². The van der Waals surface area contributed by atoms with Crippen LogP contribution in [-0.4, -0.2) is 22.3 Å². The van der Waals surface area contributed by atoms with Crippen LogP contribution in [0.3, 0.4) is 0 Å². The maximum atomic E-state index is 12.3. The molecule has 0 aliphatic rings. The molecule has 27 heavy (non-hydrogen) atoms. The van der Waals surface area contributed by atoms with E-state index in [2.05, 4.69) is 15.2 Å². The summed E-state index contributed by atoms with van der Waals surface area (Å²) in [6.45, 7) is -0.512. The summed E-state index contributed by atoms with van der Waals surface area (Å²) < 4.78 is 30.3. The van der Waals surface area contributed by atoms with Crippen molar-refractivity contribution in [2.45, 2.75) is 20.1 Å². The minimum Gasteiger partial charge on any atom is -0.435 e. The lowest BCUT2D eigenvalue weighted by Crippen LogP contribution is -2.13. The average Bonchev–Trinajstić information content (AvgIpc) is 2.94. The van der Waals surface area contributed by atoms with Crippen LogP contribution in [0.25, 0.3) is 0 Å². The van der Waals surface area contributed by atoms with Gasteiger partial charge < -0.3 is 10.1 Å². The highest BCUT2D eigenvalue weighted by Crippen LogP contribution is 2.17. The number of hydrogen-bond donors (Lipinski definition) is 1. The SMILES string of the molecule is Cc1cc(NC(=O)c2ccc(OC(F)F)cc2)nn1Cc1cccc(Cl)c1. The fraction of sp³-hybridized carbons (Fsp3) is 0.158. The van der Waals surface area contributed by atoms with Crippen molar-refractivity contribution in [3.05, 3.63) is 76.4 Å². The van der Waals surface area contributed by atoms with Crippen LogP contribution in [0.5, 0.6) is 5.75 Å². The smallest absolute Gasteiger partial charge is 0.387 e. The Morgan fingerprint density at radius 3 is 2.63 bits per heavy atom. The van der Waals surface area contributed by atoms with Gasteiger partial charge in [-0.15, -0.1) is 0 Å². The van der Waals surface area contributed by atoms with E-state index in [1.54, 1.807) is 16.8 Å². The largest absolute Gasteiger partial charge is 0.435 e. The molecule has 5 nitrogen and oxygen atoms in total. The summed E-state index contributed by atoms with van der Waals surface area (Å²) in [7, 11) is 0. The summed E-state index contributed by atoms with van der Waals surface area (Å²) in [5.41, 5.74) is 2.16. The van der Waals surface area contributed by atoms with Gasteiger partial charge in [0, 0.05) is 22.3 Å². The molecule has 0 unspecified atom stereocenters. The van der Waals surface area contributed by atoms with Crippen LogP contribution in [0.4, 0.5) is 14.6 Å². The lowest BCUT2D eigenvalue weighted by atomic mass is 10.2. The van der Waals surface area contributed by atoms with Gasteiger partial charge in [0.15, 0.2) is 5.82 Å². The zero-order valence-electron chi connectivity index (χ0n) is 14.3. The van der Waals surface area contributed by atoms with Crippen LogP contribution < -0.4 is 10.1 Å². The van der Waals surface area contributed by atoms with Gasteiger partial charge in [0.2, 0.25) is 0 Å². The molecule has 0 aliphatic heterocycles. The number of nitrogens with one attached hydrogen (secondary N) is 1. The Morgan fingerprint density at radius 2 is 1.96 bits per heavy atom. The highest BCUT2D eigenvalue weighted by Gasteiger charge is 2.11. The summed E-state index contributed by atoms with van der Waals surface area (Å²) in [5, 5.41) is 7.71. The van der Waals surface area contributed by atoms with Crippen molar-refractivity contribution < 1.29 is 18.3 Å². The molecule has 3 aromatic rings. The third-order valence-electron chi connectivity index (χ3n) is 3.79. The predicted octanol–water partition coefficient (Wildman–Crippen LogP) is 4.75. The lowest BCUT2D eigenvalue weighted by Gasteiger charge is -2.06. The first-order chi connectivity index (χ1) is 12.9. The minimum absolute atomic E-state index is 0.0109. The number of amides is 1. The molecule has 1 N–H and O–H groups in total. The zero-order valence-corrected chi connectivity index (χ0v) is 15.1. The Morgan fingerprint density at radius 1 is 1.22 bits per heavy atom. The van der Waals surface area contributed by atoms with Gasteiger partial charge in [-0.25, -0.2) is 0 Å². The van der Waals surface area contributed by atoms with E-state index in [0.29, 0.717) is 22.9 Å². The van der Waals surface area contributed by atoms with Gasteiger partial charge in [0.05, 0.1) is 6.54 Å². The highest BCUT2D eigenvalue weighted by molar-refractivity contribution is 6.30. The molecule has 8 heteroatoms. The predicted molar refractivity (Wildman–Crippen MR) is 98.5 cm³/mol. The molecule has 2 aromatic carbocycles. The molecule has 0 saturated heterocycles. The fourth-order valence-corrected chi connectivity index (χ4v) is 2.73. The average molecular weight is 392 g/mol. The molecule has 0 fully saturated rings. The summed E-state index contributed by atoms with van der Waals surface area (Å²) >= 11 is 5.99. The first-order valence-corrected chi connectivity index (χ1v) is 8.43. The molecule has 0 spiro atoms. The Bertz CT molecular complexity index is 942. The number of aromatic nitrogens is 2. The van der Waals surface area contributed by atoms with E-state index in [1.165, 1.54) is 24.3 Å². The molecule has 0 saturated carbocycles. The maximum absolute atomic E-state index is 12.3. The van der Waals surface area contributed by atoms with E-state index < -0.39 is 12.5 Å². The first-order valence-electron chi connectivity index (χ1n) is 8.06. The van der Waals surface area contributed by atoms with E-state index >= 15 is 0 Å². The van der Waals surface area contributed by atoms with Gasteiger partial charge >= 0.3 is 6.61 Å². The monoisotopic (exact) mass is 391 g/mol. The van der Waals surface area contributed by atoms with E-state index in [-0.39, 0.29) is 5.75 Å². The van der Waals surface area contributed by atoms with Gasteiger partial charge in [-0.2, -0.15) is 13.9 Å². The summed E-state index contributed by atoms with van der Waals surface area (Å²) in [5.74, 6) is -0.0124. The van der Waals surface area contributed by atoms with Gasteiger partial charge in [-0.1, -0.05) is 23.7 Å². The summed E-state index contributed by atoms with van der Waals surface area (Å²) in [6.07, 6.45) is 0. The van der Waals surface area contributed by atoms with Crippen LogP contribution >= 0.6 is 11.6 Å². The molecule has 1 heterocycles. The number of anilines is 1. The van der Waals surface area contributed by atoms with Gasteiger partial charge in [0.25, 0.3) is 5.91 Å². The second-order valence-corrected chi connectivity index (χ2v) is 6.25. The molecule has 0 radical (unpaired) electrons. The van der Waals surface area contributed by atoms with Crippen molar-refractivity contribution in [1.82, 2.24) is 9.78 Å². The maximum Gasteiger partial charge on any atom is 0.387 e. The number of halogens is 3. The first kappa shape index (κ1) is 18.8. The number of carbonyl (C=O) groups is 1. The summed E-state index contributed by atoms with van der Waals surface area (Å²) in [6, 6.07) is 14.6. The normalized spacial score (nSPS) is 10.9. The van der Waals surface area contributed by atoms with Crippen LogP contribution in [-0.2, 0) is 6.54 Å². The quantitative estimate of drug-likeness (QED) is 0.660. The fourth-order valence-electron chi connectivity index (χ4n) is 2.52. The molecular formula is C19H16ClF2N3O2. The second-order valence-electron chi connectivity index (χ2n) is 5.82. The van der Waals surface area contributed by atoms with Crippen molar-refractivity contribution in [3.63, 3.8) is 0 Å². The number of ether oxygens (including phenoxy) is 1. The molecule has 0 aliphatic carbocycles. The van der Waals surface area contributed by atoms with E-state index in [0.717, 1.165) is 11.3 Å². The minimum atomic E-state index is -2.91. The number of hydrogen-bond acceptors (Lipinski definition) is 3. The molecule has 3 rings (SSSR count). The van der Waals surface area contributed by atoms with Crippen molar-refractivity contribution >= 4 is 23.3 Å². The second kappa shape index (κ2) is 8.18. The summed E-state index contributed by atoms with van der Waals surface area (Å²) in [4.78, 5) is 12.3. The van der Waals surface area contributed by atoms with E-state index in [1.807, 2.05) is 25.1 Å². The van der Waals surface area contributed by atoms with Crippen molar-refractivity contribution in [2.75, 3.05) is 5.32 Å². The van der Waals surface area contributed by atoms with Crippen LogP contribution in [0.1, 0.15) is 21.6 Å². The Labute approximate surface area is 159 Å². The highest BCUT2D eigenvalue weighted by atomic mass is 35.5. The number of alkyl halides is 2. The standard InChI is InChI=1S/C19H16ClF2N3O2/c1-12-9-17(24-25(12)11-13-3-2-4-15(20)10-13)23-18(26)14-5-7-16(8-6-14)27-19(21)22/h2-10,19H,11H2,1H3,(H,23,24,26). The molecule has 1 aromatic heterocycles. The van der Waals surface area contributed by atoms with Crippen LogP contribution in [0, 0.1) is 6.92 Å². The molecule has 140 valence electrons. The van der Waals surface area contributed by atoms with Crippen LogP contribution in [0.2, 0.25) is 5.02 Å². The number of nitrogens with zero attached hydrogens (tertiary/aromatic N) is 2. The van der Waals surface area contributed by atoms with Crippen molar-refractivity contribution in [2.24, 2.45) is 0 Å². The van der Waals surface area contributed by atoms with Gasteiger partial charge in [0.1, 0.15) is 5.75 Å². The van der Waals surface area contributed by atoms with E-state index in [9.17, 15) is 13.6 Å². The number of carbonyl (C=O) groups excluding carboxylic acids is 1. The number of benzene rings is 2. The van der Waals surface area contributed by atoms with Crippen molar-refractivity contribution in [3.8, 4) is 5.75 Å². The third-order valence-corrected chi connectivity index (χ3v) is 4.02. The molecule has 0 bridgehead atoms. The lowest BCUT2D eigenvalue weighted by molar-refractivity contribution is -0.0498. The van der Waals surface area contributed by atoms with E-state index in [4.69, 9.17) is 11.6 Å². The molecule has 0 atom stereocenters. The zero-order chi connectivity index (χ0) is 19.4. The molecule has 1 amide bonds. The molecular weight excluding hydrogens is 376 g/mol. The number of rotatable bonds is 6. The Hall–Kier alpha value is -2.93. The third kappa shape index (κ3) is 5.04. The van der Waals surface area contributed by atoms with Gasteiger partial charge in [-0.05, 0) is 48.9 Å². The van der Waals surface area contributed by atoms with Gasteiger partial charge in [-0.3, -0.25) is 9.48 Å². The van der Waals surface area contributed by atoms with Crippen LogP contribution in [0.15, 0.2) is 54.6 Å². The Kier molecular flexibility index (Phi) is 5.71. The Balaban J connectivity index is 1.68. The number of aryl methyl sites for hydroxylation is 1.